The molecule has 1 aliphatic carbocycles. The van der Waals surface area contributed by atoms with Gasteiger partial charge in [-0.2, -0.15) is 0 Å². The van der Waals surface area contributed by atoms with E-state index < -0.39 is 0 Å². The zero-order valence-corrected chi connectivity index (χ0v) is 9.33. The summed E-state index contributed by atoms with van der Waals surface area (Å²) in [6.07, 6.45) is 2.30. The van der Waals surface area contributed by atoms with Crippen molar-refractivity contribution in [1.29, 1.82) is 0 Å². The van der Waals surface area contributed by atoms with Crippen LogP contribution < -0.4 is 5.32 Å². The van der Waals surface area contributed by atoms with Gasteiger partial charge < -0.3 is 5.32 Å². The van der Waals surface area contributed by atoms with Gasteiger partial charge in [0.05, 0.1) is 11.9 Å². The number of carbonyl (C=O) groups is 1. The van der Waals surface area contributed by atoms with Crippen LogP contribution in [0, 0.1) is 0 Å². The van der Waals surface area contributed by atoms with Crippen LogP contribution in [0.4, 0.5) is 4.79 Å². The molecule has 0 saturated heterocycles. The summed E-state index contributed by atoms with van der Waals surface area (Å²) >= 11 is 17.5. The predicted octanol–water partition coefficient (Wildman–Crippen LogP) is 2.55. The number of allylic oxidation sites excluding steroid dienone is 2. The van der Waals surface area contributed by atoms with Crippen molar-refractivity contribution in [3.63, 3.8) is 0 Å². The number of rotatable bonds is 0. The minimum atomic E-state index is -0.334. The van der Waals surface area contributed by atoms with Crippen molar-refractivity contribution in [3.05, 3.63) is 22.4 Å². The summed E-state index contributed by atoms with van der Waals surface area (Å²) in [5, 5.41) is 2.97. The largest absolute Gasteiger partial charge is 0.336 e. The molecule has 14 heavy (non-hydrogen) atoms. The molecule has 0 bridgehead atoms. The van der Waals surface area contributed by atoms with Gasteiger partial charge in [-0.15, -0.1) is 11.6 Å². The number of amides is 2. The first kappa shape index (κ1) is 10.1. The molecule has 1 unspecified atom stereocenters. The Kier molecular flexibility index (Phi) is 2.64. The number of carbonyl (C=O) groups excluding carboxylic acids is 1. The maximum absolute atomic E-state index is 11.2. The zero-order valence-electron chi connectivity index (χ0n) is 7.06. The van der Waals surface area contributed by atoms with Crippen LogP contribution in [0.25, 0.3) is 0 Å². The minimum absolute atomic E-state index is 0.213. The van der Waals surface area contributed by atoms with Gasteiger partial charge in [0.15, 0.2) is 0 Å². The highest BCUT2D eigenvalue weighted by Gasteiger charge is 2.28. The molecular formula is C8H7Cl3N2O. The van der Waals surface area contributed by atoms with Gasteiger partial charge in [0, 0.05) is 22.5 Å². The molecule has 0 aromatic heterocycles. The van der Waals surface area contributed by atoms with E-state index in [1.54, 1.807) is 6.08 Å². The molecule has 1 atom stereocenters. The van der Waals surface area contributed by atoms with E-state index in [9.17, 15) is 4.79 Å². The maximum atomic E-state index is 11.2. The monoisotopic (exact) mass is 252 g/mol. The summed E-state index contributed by atoms with van der Waals surface area (Å²) in [6.45, 7) is 0.395. The van der Waals surface area contributed by atoms with Crippen LogP contribution in [0.2, 0.25) is 0 Å². The molecule has 0 spiro atoms. The quantitative estimate of drug-likeness (QED) is 0.522. The van der Waals surface area contributed by atoms with Crippen LogP contribution in [0.5, 0.6) is 0 Å². The fourth-order valence-corrected chi connectivity index (χ4v) is 2.07. The molecule has 2 rings (SSSR count). The van der Waals surface area contributed by atoms with Crippen molar-refractivity contribution in [2.75, 3.05) is 6.54 Å². The second kappa shape index (κ2) is 3.65. The van der Waals surface area contributed by atoms with Crippen LogP contribution in [0.1, 0.15) is 6.42 Å². The Labute approximate surface area is 96.4 Å². The van der Waals surface area contributed by atoms with Crippen LogP contribution in [-0.4, -0.2) is 22.4 Å². The number of halogens is 3. The second-order valence-corrected chi connectivity index (χ2v) is 4.54. The SMILES string of the molecule is O=C1NC2=C(CC(Cl)C(Cl)=C2)CN1Cl. The molecule has 2 aliphatic rings. The maximum Gasteiger partial charge on any atom is 0.336 e. The smallest absolute Gasteiger partial charge is 0.307 e. The fourth-order valence-electron chi connectivity index (χ4n) is 1.44. The summed E-state index contributed by atoms with van der Waals surface area (Å²) in [4.78, 5) is 11.2. The number of alkyl halides is 1. The van der Waals surface area contributed by atoms with Crippen molar-refractivity contribution in [3.8, 4) is 0 Å². The van der Waals surface area contributed by atoms with Crippen molar-refractivity contribution in [2.45, 2.75) is 11.8 Å². The molecule has 0 aromatic carbocycles. The summed E-state index contributed by atoms with van der Waals surface area (Å²) in [6, 6.07) is -0.334. The molecule has 3 nitrogen and oxygen atoms in total. The Morgan fingerprint density at radius 2 is 2.29 bits per heavy atom. The van der Waals surface area contributed by atoms with Crippen LogP contribution in [0.15, 0.2) is 22.4 Å². The predicted molar refractivity (Wildman–Crippen MR) is 56.3 cm³/mol. The van der Waals surface area contributed by atoms with Crippen molar-refractivity contribution >= 4 is 41.0 Å². The average Bonchev–Trinajstić information content (AvgIpc) is 2.11. The number of nitrogens with zero attached hydrogens (tertiary/aromatic N) is 1. The van der Waals surface area contributed by atoms with Gasteiger partial charge in [0.2, 0.25) is 0 Å². The summed E-state index contributed by atoms with van der Waals surface area (Å²) < 4.78 is 1.09. The highest BCUT2D eigenvalue weighted by molar-refractivity contribution is 6.37. The van der Waals surface area contributed by atoms with E-state index in [1.165, 1.54) is 0 Å². The van der Waals surface area contributed by atoms with Gasteiger partial charge in [-0.05, 0) is 18.1 Å². The topological polar surface area (TPSA) is 32.3 Å². The highest BCUT2D eigenvalue weighted by atomic mass is 35.5. The molecule has 2 amide bonds. The first-order chi connectivity index (χ1) is 6.58. The van der Waals surface area contributed by atoms with Gasteiger partial charge in [0.25, 0.3) is 0 Å². The van der Waals surface area contributed by atoms with Crippen LogP contribution in [0.3, 0.4) is 0 Å². The number of hydrogen-bond acceptors (Lipinski definition) is 1. The van der Waals surface area contributed by atoms with E-state index in [-0.39, 0.29) is 11.4 Å². The first-order valence-corrected chi connectivity index (χ1v) is 5.20. The van der Waals surface area contributed by atoms with Gasteiger partial charge in [-0.25, -0.2) is 9.21 Å². The zero-order chi connectivity index (χ0) is 10.3. The van der Waals surface area contributed by atoms with E-state index in [4.69, 9.17) is 35.0 Å². The summed E-state index contributed by atoms with van der Waals surface area (Å²) in [5.41, 5.74) is 1.73. The highest BCUT2D eigenvalue weighted by Crippen LogP contribution is 2.31. The summed E-state index contributed by atoms with van der Waals surface area (Å²) in [7, 11) is 0. The van der Waals surface area contributed by atoms with Crippen LogP contribution in [-0.2, 0) is 0 Å². The number of nitrogens with one attached hydrogen (secondary N) is 1. The Hall–Kier alpha value is -0.380. The molecule has 0 radical (unpaired) electrons. The van der Waals surface area contributed by atoms with Crippen molar-refractivity contribution < 1.29 is 4.79 Å². The Morgan fingerprint density at radius 1 is 1.57 bits per heavy atom. The van der Waals surface area contributed by atoms with E-state index in [0.29, 0.717) is 18.0 Å². The van der Waals surface area contributed by atoms with Gasteiger partial charge in [-0.1, -0.05) is 11.6 Å². The molecule has 0 aromatic rings. The lowest BCUT2D eigenvalue weighted by Gasteiger charge is -2.29. The molecule has 0 fully saturated rings. The molecule has 1 aliphatic heterocycles. The lowest BCUT2D eigenvalue weighted by molar-refractivity contribution is 0.226. The summed E-state index contributed by atoms with van der Waals surface area (Å²) in [5.74, 6) is 0. The Bertz CT molecular complexity index is 350. The van der Waals surface area contributed by atoms with E-state index in [2.05, 4.69) is 5.32 Å². The molecule has 6 heteroatoms. The van der Waals surface area contributed by atoms with Gasteiger partial charge >= 0.3 is 6.03 Å². The third-order valence-corrected chi connectivity index (χ3v) is 3.33. The third kappa shape index (κ3) is 1.72. The molecule has 0 saturated carbocycles. The van der Waals surface area contributed by atoms with Gasteiger partial charge in [-0.3, -0.25) is 0 Å². The van der Waals surface area contributed by atoms with Gasteiger partial charge in [0.1, 0.15) is 0 Å². The number of urea groups is 1. The van der Waals surface area contributed by atoms with Crippen molar-refractivity contribution in [2.24, 2.45) is 0 Å². The van der Waals surface area contributed by atoms with Crippen LogP contribution >= 0.6 is 35.0 Å². The molecule has 76 valence electrons. The van der Waals surface area contributed by atoms with E-state index in [1.807, 2.05) is 0 Å². The Morgan fingerprint density at radius 3 is 3.00 bits per heavy atom. The molecule has 1 N–H and O–H groups in total. The van der Waals surface area contributed by atoms with Crippen molar-refractivity contribution in [1.82, 2.24) is 9.74 Å². The fraction of sp³-hybridized carbons (Fsp3) is 0.375. The molecule has 1 heterocycles. The second-order valence-electron chi connectivity index (χ2n) is 3.17. The normalized spacial score (nSPS) is 27.1. The van der Waals surface area contributed by atoms with E-state index >= 15 is 0 Å². The van der Waals surface area contributed by atoms with E-state index in [0.717, 1.165) is 15.7 Å². The first-order valence-electron chi connectivity index (χ1n) is 4.05. The third-order valence-electron chi connectivity index (χ3n) is 2.18. The standard InChI is InChI=1S/C8H7Cl3N2O/c9-5-1-4-3-13(11)8(14)12-7(4)2-6(5)10/h2,5H,1,3H2,(H,12,14). The lowest BCUT2D eigenvalue weighted by Crippen LogP contribution is -2.41. The Balaban J connectivity index is 2.30. The lowest BCUT2D eigenvalue weighted by atomic mass is 10.0. The molecular weight excluding hydrogens is 246 g/mol. The number of hydrogen-bond donors (Lipinski definition) is 1. The average molecular weight is 254 g/mol. The minimum Gasteiger partial charge on any atom is -0.307 e.